The van der Waals surface area contributed by atoms with Gasteiger partial charge in [-0.25, -0.2) is 0 Å². The van der Waals surface area contributed by atoms with Gasteiger partial charge in [0, 0.05) is 17.0 Å². The third-order valence-corrected chi connectivity index (χ3v) is 4.64. The van der Waals surface area contributed by atoms with Gasteiger partial charge in [-0.15, -0.1) is 0 Å². The fourth-order valence-corrected chi connectivity index (χ4v) is 2.89. The fraction of sp³-hybridized carbons (Fsp3) is 0.238. The summed E-state index contributed by atoms with van der Waals surface area (Å²) in [6.45, 7) is 5.35. The Bertz CT molecular complexity index is 1100. The predicted molar refractivity (Wildman–Crippen MR) is 107 cm³/mol. The van der Waals surface area contributed by atoms with Gasteiger partial charge in [0.15, 0.2) is 6.10 Å². The van der Waals surface area contributed by atoms with Crippen molar-refractivity contribution >= 4 is 34.2 Å². The minimum Gasteiger partial charge on any atom is -0.464 e. The minimum absolute atomic E-state index is 0.0390. The second kappa shape index (κ2) is 8.14. The van der Waals surface area contributed by atoms with Gasteiger partial charge in [-0.05, 0) is 50.1 Å². The molecule has 3 rings (SSSR count). The van der Waals surface area contributed by atoms with E-state index in [9.17, 15) is 19.7 Å². The Morgan fingerprint density at radius 2 is 1.90 bits per heavy atom. The smallest absolute Gasteiger partial charge is 0.311 e. The number of amides is 1. The summed E-state index contributed by atoms with van der Waals surface area (Å²) in [5.74, 6) is -1.26. The van der Waals surface area contributed by atoms with Crippen LogP contribution in [0.2, 0.25) is 0 Å². The lowest BCUT2D eigenvalue weighted by molar-refractivity contribution is -0.383. The molecule has 0 saturated carbocycles. The van der Waals surface area contributed by atoms with Crippen molar-refractivity contribution in [1.82, 2.24) is 0 Å². The van der Waals surface area contributed by atoms with E-state index in [0.29, 0.717) is 11.1 Å². The molecule has 0 aliphatic rings. The number of hydrogen-bond acceptors (Lipinski definition) is 6. The molecule has 0 radical (unpaired) electrons. The summed E-state index contributed by atoms with van der Waals surface area (Å²) < 4.78 is 10.7. The number of carbonyl (C=O) groups is 2. The number of rotatable bonds is 6. The number of ether oxygens (including phenoxy) is 1. The molecule has 1 unspecified atom stereocenters. The molecule has 1 atom stereocenters. The molecule has 29 heavy (non-hydrogen) atoms. The second-order valence-electron chi connectivity index (χ2n) is 6.77. The monoisotopic (exact) mass is 396 g/mol. The van der Waals surface area contributed by atoms with Crippen LogP contribution in [0.15, 0.2) is 47.1 Å². The molecule has 0 fully saturated rings. The van der Waals surface area contributed by atoms with Crippen LogP contribution in [0.3, 0.4) is 0 Å². The molecule has 8 nitrogen and oxygen atoms in total. The van der Waals surface area contributed by atoms with E-state index < -0.39 is 22.9 Å². The number of nitrogens with zero attached hydrogens (tertiary/aromatic N) is 1. The van der Waals surface area contributed by atoms with Crippen molar-refractivity contribution in [2.75, 3.05) is 5.32 Å². The molecular formula is C21H20N2O6. The Labute approximate surface area is 166 Å². The first-order valence-corrected chi connectivity index (χ1v) is 8.97. The molecule has 0 aliphatic heterocycles. The summed E-state index contributed by atoms with van der Waals surface area (Å²) in [4.78, 5) is 35.0. The van der Waals surface area contributed by atoms with Gasteiger partial charge in [0.2, 0.25) is 0 Å². The number of carbonyl (C=O) groups excluding carboxylic acids is 2. The fourth-order valence-electron chi connectivity index (χ4n) is 2.89. The van der Waals surface area contributed by atoms with Gasteiger partial charge in [0.1, 0.15) is 11.3 Å². The number of nitrogens with one attached hydrogen (secondary N) is 1. The van der Waals surface area contributed by atoms with Crippen LogP contribution in [-0.4, -0.2) is 22.9 Å². The number of para-hydroxylation sites is 2. The summed E-state index contributed by atoms with van der Waals surface area (Å²) in [5.41, 5.74) is 3.30. The zero-order chi connectivity index (χ0) is 21.1. The summed E-state index contributed by atoms with van der Waals surface area (Å²) >= 11 is 0. The average Bonchev–Trinajstić information content (AvgIpc) is 3.03. The second-order valence-corrected chi connectivity index (χ2v) is 6.77. The SMILES string of the molecule is Cc1cc2occ(CC(=O)OC(C)C(=O)Nc3ccccc3[N+](=O)[O-])c2cc1C. The largest absolute Gasteiger partial charge is 0.464 e. The first kappa shape index (κ1) is 20.1. The molecule has 0 bridgehead atoms. The van der Waals surface area contributed by atoms with Crippen LogP contribution in [0.5, 0.6) is 0 Å². The van der Waals surface area contributed by atoms with E-state index in [1.807, 2.05) is 26.0 Å². The van der Waals surface area contributed by atoms with E-state index in [-0.39, 0.29) is 17.8 Å². The standard InChI is InChI=1S/C21H20N2O6/c1-12-8-16-15(11-28-19(16)9-13(12)2)10-20(24)29-14(3)21(25)22-17-6-4-5-7-18(17)23(26)27/h4-9,11,14H,10H2,1-3H3,(H,22,25). The number of nitro benzene ring substituents is 1. The number of anilines is 1. The number of hydrogen-bond donors (Lipinski definition) is 1. The van der Waals surface area contributed by atoms with Gasteiger partial charge in [-0.1, -0.05) is 12.1 Å². The Hall–Kier alpha value is -3.68. The van der Waals surface area contributed by atoms with Crippen LogP contribution >= 0.6 is 0 Å². The number of fused-ring (bicyclic) bond motifs is 1. The van der Waals surface area contributed by atoms with Crippen molar-refractivity contribution in [2.45, 2.75) is 33.3 Å². The molecule has 1 N–H and O–H groups in total. The maximum atomic E-state index is 12.3. The molecule has 8 heteroatoms. The highest BCUT2D eigenvalue weighted by atomic mass is 16.6. The van der Waals surface area contributed by atoms with Crippen molar-refractivity contribution in [3.8, 4) is 0 Å². The van der Waals surface area contributed by atoms with Crippen LogP contribution in [0, 0.1) is 24.0 Å². The van der Waals surface area contributed by atoms with Crippen molar-refractivity contribution in [2.24, 2.45) is 0 Å². The van der Waals surface area contributed by atoms with Gasteiger partial charge < -0.3 is 14.5 Å². The molecule has 1 heterocycles. The predicted octanol–water partition coefficient (Wildman–Crippen LogP) is 4.07. The highest BCUT2D eigenvalue weighted by Crippen LogP contribution is 2.26. The number of aryl methyl sites for hydroxylation is 2. The quantitative estimate of drug-likeness (QED) is 0.382. The van der Waals surface area contributed by atoms with E-state index in [0.717, 1.165) is 16.5 Å². The maximum Gasteiger partial charge on any atom is 0.311 e. The van der Waals surface area contributed by atoms with Crippen molar-refractivity contribution in [3.63, 3.8) is 0 Å². The van der Waals surface area contributed by atoms with Gasteiger partial charge in [0.05, 0.1) is 17.6 Å². The summed E-state index contributed by atoms with van der Waals surface area (Å²) in [6.07, 6.45) is 0.325. The lowest BCUT2D eigenvalue weighted by atomic mass is 10.0. The molecule has 1 amide bonds. The van der Waals surface area contributed by atoms with Crippen LogP contribution in [0.1, 0.15) is 23.6 Å². The number of furan rings is 1. The Morgan fingerprint density at radius 3 is 2.62 bits per heavy atom. The Balaban J connectivity index is 1.66. The zero-order valence-corrected chi connectivity index (χ0v) is 16.2. The summed E-state index contributed by atoms with van der Waals surface area (Å²) in [6, 6.07) is 9.60. The van der Waals surface area contributed by atoms with E-state index in [2.05, 4.69) is 5.32 Å². The third kappa shape index (κ3) is 4.43. The number of nitro groups is 1. The molecule has 1 aromatic heterocycles. The summed E-state index contributed by atoms with van der Waals surface area (Å²) in [5, 5.41) is 14.3. The number of esters is 1. The van der Waals surface area contributed by atoms with Gasteiger partial charge in [-0.2, -0.15) is 0 Å². The molecule has 2 aromatic carbocycles. The molecule has 0 aliphatic carbocycles. The number of benzene rings is 2. The van der Waals surface area contributed by atoms with Gasteiger partial charge >= 0.3 is 5.97 Å². The van der Waals surface area contributed by atoms with E-state index >= 15 is 0 Å². The molecule has 0 saturated heterocycles. The summed E-state index contributed by atoms with van der Waals surface area (Å²) in [7, 11) is 0. The lowest BCUT2D eigenvalue weighted by Gasteiger charge is -2.13. The van der Waals surface area contributed by atoms with Crippen molar-refractivity contribution in [3.05, 3.63) is 69.5 Å². The highest BCUT2D eigenvalue weighted by Gasteiger charge is 2.22. The van der Waals surface area contributed by atoms with Gasteiger partial charge in [0.25, 0.3) is 11.6 Å². The molecule has 150 valence electrons. The molecular weight excluding hydrogens is 376 g/mol. The first-order chi connectivity index (χ1) is 13.8. The van der Waals surface area contributed by atoms with Gasteiger partial charge in [-0.3, -0.25) is 19.7 Å². The van der Waals surface area contributed by atoms with Crippen LogP contribution in [-0.2, 0) is 20.7 Å². The average molecular weight is 396 g/mol. The minimum atomic E-state index is -1.12. The normalized spacial score (nSPS) is 11.8. The van der Waals surface area contributed by atoms with Crippen LogP contribution in [0.4, 0.5) is 11.4 Å². The Morgan fingerprint density at radius 1 is 1.21 bits per heavy atom. The van der Waals surface area contributed by atoms with Crippen molar-refractivity contribution in [1.29, 1.82) is 0 Å². The molecule has 3 aromatic rings. The van der Waals surface area contributed by atoms with Crippen LogP contribution < -0.4 is 5.32 Å². The topological polar surface area (TPSA) is 112 Å². The third-order valence-electron chi connectivity index (χ3n) is 4.64. The van der Waals surface area contributed by atoms with Crippen LogP contribution in [0.25, 0.3) is 11.0 Å². The highest BCUT2D eigenvalue weighted by molar-refractivity contribution is 5.97. The molecule has 0 spiro atoms. The van der Waals surface area contributed by atoms with E-state index in [4.69, 9.17) is 9.15 Å². The first-order valence-electron chi connectivity index (χ1n) is 8.97. The van der Waals surface area contributed by atoms with Crippen molar-refractivity contribution < 1.29 is 23.7 Å². The lowest BCUT2D eigenvalue weighted by Crippen LogP contribution is -2.30. The van der Waals surface area contributed by atoms with E-state index in [1.165, 1.54) is 31.4 Å². The van der Waals surface area contributed by atoms with E-state index in [1.54, 1.807) is 6.07 Å². The zero-order valence-electron chi connectivity index (χ0n) is 16.2. The maximum absolute atomic E-state index is 12.3. The Kier molecular flexibility index (Phi) is 5.63.